The zero-order chi connectivity index (χ0) is 14.8. The first-order valence-corrected chi connectivity index (χ1v) is 6.41. The van der Waals surface area contributed by atoms with Gasteiger partial charge in [-0.3, -0.25) is 10.1 Å². The normalized spacial score (nSPS) is 10.7. The van der Waals surface area contributed by atoms with Gasteiger partial charge in [0.25, 0.3) is 5.69 Å². The Morgan fingerprint density at radius 2 is 2.10 bits per heavy atom. The van der Waals surface area contributed by atoms with E-state index in [0.29, 0.717) is 13.2 Å². The Labute approximate surface area is 117 Å². The molecule has 20 heavy (non-hydrogen) atoms. The number of carbonyl (C=O) groups excluding carboxylic acids is 1. The van der Waals surface area contributed by atoms with E-state index in [1.54, 1.807) is 25.1 Å². The maximum absolute atomic E-state index is 11.0. The minimum absolute atomic E-state index is 0.0964. The molecule has 0 atom stereocenters. The van der Waals surface area contributed by atoms with Crippen LogP contribution in [0.3, 0.4) is 0 Å². The number of nitro benzene ring substituents is 1. The second kappa shape index (κ2) is 8.82. The summed E-state index contributed by atoms with van der Waals surface area (Å²) in [6.07, 6.45) is 3.86. The Hall–Kier alpha value is -2.21. The Morgan fingerprint density at radius 3 is 2.70 bits per heavy atom. The lowest BCUT2D eigenvalue weighted by molar-refractivity contribution is -0.384. The molecule has 0 aliphatic rings. The molecule has 0 bridgehead atoms. The summed E-state index contributed by atoms with van der Waals surface area (Å²) in [5.74, 6) is -0.343. The van der Waals surface area contributed by atoms with Crippen molar-refractivity contribution in [2.75, 3.05) is 19.7 Å². The molecule has 6 heteroatoms. The number of non-ortho nitro benzene ring substituents is 1. The lowest BCUT2D eigenvalue weighted by Gasteiger charge is -2.02. The first kappa shape index (κ1) is 15.8. The van der Waals surface area contributed by atoms with Crippen molar-refractivity contribution in [1.29, 1.82) is 0 Å². The molecule has 0 fully saturated rings. The zero-order valence-electron chi connectivity index (χ0n) is 11.4. The topological polar surface area (TPSA) is 81.5 Å². The number of nitrogens with one attached hydrogen (secondary N) is 1. The highest BCUT2D eigenvalue weighted by Crippen LogP contribution is 2.11. The average Bonchev–Trinajstić information content (AvgIpc) is 2.43. The van der Waals surface area contributed by atoms with E-state index in [1.807, 2.05) is 0 Å². The highest BCUT2D eigenvalue weighted by Gasteiger charge is 2.03. The monoisotopic (exact) mass is 278 g/mol. The van der Waals surface area contributed by atoms with Gasteiger partial charge < -0.3 is 10.1 Å². The molecular weight excluding hydrogens is 260 g/mol. The molecule has 0 unspecified atom stereocenters. The number of nitrogens with zero attached hydrogens (tertiary/aromatic N) is 1. The summed E-state index contributed by atoms with van der Waals surface area (Å²) in [5.41, 5.74) is 1.12. The summed E-state index contributed by atoms with van der Waals surface area (Å²) in [6, 6.07) is 6.48. The predicted molar refractivity (Wildman–Crippen MR) is 75.4 cm³/mol. The van der Waals surface area contributed by atoms with E-state index < -0.39 is 4.92 Å². The molecule has 0 saturated heterocycles. The van der Waals surface area contributed by atoms with Crippen molar-refractivity contribution >= 4 is 11.7 Å². The van der Waals surface area contributed by atoms with Gasteiger partial charge in [0.05, 0.1) is 11.5 Å². The molecule has 0 aliphatic heterocycles. The van der Waals surface area contributed by atoms with Crippen molar-refractivity contribution < 1.29 is 14.5 Å². The van der Waals surface area contributed by atoms with Crippen molar-refractivity contribution in [3.05, 3.63) is 52.1 Å². The number of ether oxygens (including phenoxy) is 1. The Bertz CT molecular complexity index is 469. The van der Waals surface area contributed by atoms with Gasteiger partial charge in [0.1, 0.15) is 0 Å². The molecule has 1 aromatic rings. The van der Waals surface area contributed by atoms with Gasteiger partial charge in [-0.25, -0.2) is 4.79 Å². The van der Waals surface area contributed by atoms with Crippen LogP contribution in [0.4, 0.5) is 5.69 Å². The van der Waals surface area contributed by atoms with Crippen LogP contribution in [0.1, 0.15) is 12.5 Å². The third-order valence-corrected chi connectivity index (χ3v) is 2.54. The van der Waals surface area contributed by atoms with Gasteiger partial charge >= 0.3 is 5.97 Å². The fraction of sp³-hybridized carbons (Fsp3) is 0.357. The predicted octanol–water partition coefficient (Wildman–Crippen LogP) is 1.85. The van der Waals surface area contributed by atoms with E-state index in [4.69, 9.17) is 4.74 Å². The van der Waals surface area contributed by atoms with Gasteiger partial charge in [-0.05, 0) is 25.5 Å². The molecule has 1 rings (SSSR count). The average molecular weight is 278 g/mol. The molecule has 1 aromatic carbocycles. The minimum atomic E-state index is -0.414. The third-order valence-electron chi connectivity index (χ3n) is 2.54. The van der Waals surface area contributed by atoms with Gasteiger partial charge in [0.2, 0.25) is 0 Å². The van der Waals surface area contributed by atoms with Crippen LogP contribution < -0.4 is 5.32 Å². The van der Waals surface area contributed by atoms with Gasteiger partial charge in [0.15, 0.2) is 0 Å². The van der Waals surface area contributed by atoms with Crippen LogP contribution in [0.5, 0.6) is 0 Å². The maximum atomic E-state index is 11.0. The van der Waals surface area contributed by atoms with Crippen molar-refractivity contribution in [1.82, 2.24) is 5.32 Å². The highest BCUT2D eigenvalue weighted by atomic mass is 16.6. The first-order valence-electron chi connectivity index (χ1n) is 6.41. The number of benzene rings is 1. The Morgan fingerprint density at radius 1 is 1.40 bits per heavy atom. The SMILES string of the molecule is CCOC(=O)/C=C/CNCCc1ccc([N+](=O)[O-])cc1. The number of nitro groups is 1. The smallest absolute Gasteiger partial charge is 0.330 e. The summed E-state index contributed by atoms with van der Waals surface area (Å²) < 4.78 is 4.74. The summed E-state index contributed by atoms with van der Waals surface area (Å²) in [6.45, 7) is 3.43. The van der Waals surface area contributed by atoms with E-state index in [0.717, 1.165) is 18.5 Å². The van der Waals surface area contributed by atoms with Gasteiger partial charge in [-0.2, -0.15) is 0 Å². The zero-order valence-corrected chi connectivity index (χ0v) is 11.4. The molecule has 1 N–H and O–H groups in total. The molecule has 6 nitrogen and oxygen atoms in total. The lowest BCUT2D eigenvalue weighted by atomic mass is 10.1. The van der Waals surface area contributed by atoms with Crippen molar-refractivity contribution in [3.63, 3.8) is 0 Å². The number of rotatable bonds is 8. The molecule has 0 heterocycles. The molecule has 0 aromatic heterocycles. The summed E-state index contributed by atoms with van der Waals surface area (Å²) in [5, 5.41) is 13.6. The lowest BCUT2D eigenvalue weighted by Crippen LogP contribution is -2.17. The van der Waals surface area contributed by atoms with E-state index in [1.165, 1.54) is 18.2 Å². The van der Waals surface area contributed by atoms with Crippen LogP contribution in [0.25, 0.3) is 0 Å². The molecule has 0 saturated carbocycles. The fourth-order valence-electron chi connectivity index (χ4n) is 1.55. The molecule has 0 radical (unpaired) electrons. The standard InChI is InChI=1S/C14H18N2O4/c1-2-20-14(17)4-3-10-15-11-9-12-5-7-13(8-6-12)16(18)19/h3-8,15H,2,9-11H2,1H3/b4-3+. The quantitative estimate of drug-likeness (QED) is 0.258. The van der Waals surface area contributed by atoms with Gasteiger partial charge in [-0.1, -0.05) is 18.2 Å². The number of carbonyl (C=O) groups is 1. The van der Waals surface area contributed by atoms with E-state index in [-0.39, 0.29) is 11.7 Å². The molecular formula is C14H18N2O4. The summed E-state index contributed by atoms with van der Waals surface area (Å²) >= 11 is 0. The highest BCUT2D eigenvalue weighted by molar-refractivity contribution is 5.81. The minimum Gasteiger partial charge on any atom is -0.463 e. The number of hydrogen-bond donors (Lipinski definition) is 1. The first-order chi connectivity index (χ1) is 9.63. The van der Waals surface area contributed by atoms with Crippen LogP contribution in [-0.2, 0) is 16.0 Å². The summed E-state index contributed by atoms with van der Waals surface area (Å²) in [4.78, 5) is 21.1. The second-order valence-electron chi connectivity index (χ2n) is 4.03. The van der Waals surface area contributed by atoms with Gasteiger partial charge in [-0.15, -0.1) is 0 Å². The van der Waals surface area contributed by atoms with Crippen molar-refractivity contribution in [2.24, 2.45) is 0 Å². The Kier molecular flexibility index (Phi) is 6.99. The van der Waals surface area contributed by atoms with E-state index in [9.17, 15) is 14.9 Å². The van der Waals surface area contributed by atoms with Crippen LogP contribution in [0.2, 0.25) is 0 Å². The van der Waals surface area contributed by atoms with Crippen LogP contribution in [0, 0.1) is 10.1 Å². The number of hydrogen-bond acceptors (Lipinski definition) is 5. The summed E-state index contributed by atoms with van der Waals surface area (Å²) in [7, 11) is 0. The van der Waals surface area contributed by atoms with Crippen LogP contribution in [-0.4, -0.2) is 30.6 Å². The third kappa shape index (κ3) is 6.10. The van der Waals surface area contributed by atoms with E-state index >= 15 is 0 Å². The van der Waals surface area contributed by atoms with E-state index in [2.05, 4.69) is 5.32 Å². The van der Waals surface area contributed by atoms with Crippen molar-refractivity contribution in [2.45, 2.75) is 13.3 Å². The maximum Gasteiger partial charge on any atom is 0.330 e. The van der Waals surface area contributed by atoms with Crippen LogP contribution in [0.15, 0.2) is 36.4 Å². The molecule has 0 amide bonds. The fourth-order valence-corrected chi connectivity index (χ4v) is 1.55. The molecule has 0 aliphatic carbocycles. The molecule has 0 spiro atoms. The van der Waals surface area contributed by atoms with Crippen LogP contribution >= 0.6 is 0 Å². The van der Waals surface area contributed by atoms with Crippen molar-refractivity contribution in [3.8, 4) is 0 Å². The molecule has 108 valence electrons. The van der Waals surface area contributed by atoms with Gasteiger partial charge in [0, 0.05) is 24.8 Å². The second-order valence-corrected chi connectivity index (χ2v) is 4.03. The number of esters is 1. The largest absolute Gasteiger partial charge is 0.463 e. The Balaban J connectivity index is 2.21.